The van der Waals surface area contributed by atoms with Gasteiger partial charge in [-0.1, -0.05) is 17.7 Å². The summed E-state index contributed by atoms with van der Waals surface area (Å²) in [7, 11) is 0. The largest absolute Gasteiger partial charge is 0.486 e. The van der Waals surface area contributed by atoms with E-state index < -0.39 is 5.82 Å². The Kier molecular flexibility index (Phi) is 4.48. The van der Waals surface area contributed by atoms with Crippen molar-refractivity contribution < 1.29 is 18.7 Å². The van der Waals surface area contributed by atoms with Crippen molar-refractivity contribution in [2.75, 3.05) is 18.5 Å². The summed E-state index contributed by atoms with van der Waals surface area (Å²) in [6, 6.07) is 9.41. The van der Waals surface area contributed by atoms with Crippen LogP contribution in [0.4, 0.5) is 10.1 Å². The lowest BCUT2D eigenvalue weighted by molar-refractivity contribution is -0.111. The number of hydrogen-bond donors (Lipinski definition) is 1. The van der Waals surface area contributed by atoms with Gasteiger partial charge in [0.2, 0.25) is 5.91 Å². The third-order valence-corrected chi connectivity index (χ3v) is 3.47. The molecule has 2 aromatic carbocycles. The minimum atomic E-state index is -0.496. The molecule has 0 saturated heterocycles. The summed E-state index contributed by atoms with van der Waals surface area (Å²) >= 11 is 5.69. The van der Waals surface area contributed by atoms with Gasteiger partial charge in [-0.05, 0) is 35.9 Å². The van der Waals surface area contributed by atoms with Gasteiger partial charge in [0.15, 0.2) is 11.5 Å². The molecule has 1 aliphatic rings. The molecule has 1 N–H and O–H groups in total. The van der Waals surface area contributed by atoms with E-state index in [1.54, 1.807) is 24.3 Å². The molecule has 0 saturated carbocycles. The molecule has 2 aromatic rings. The smallest absolute Gasteiger partial charge is 0.248 e. The summed E-state index contributed by atoms with van der Waals surface area (Å²) in [5.41, 5.74) is 1.23. The minimum absolute atomic E-state index is 0.0133. The van der Waals surface area contributed by atoms with Gasteiger partial charge in [-0.15, -0.1) is 0 Å². The van der Waals surface area contributed by atoms with Crippen LogP contribution in [0.1, 0.15) is 5.56 Å². The molecule has 0 aromatic heterocycles. The first-order chi connectivity index (χ1) is 11.1. The maximum Gasteiger partial charge on any atom is 0.248 e. The number of nitrogens with one attached hydrogen (secondary N) is 1. The van der Waals surface area contributed by atoms with Crippen molar-refractivity contribution in [2.24, 2.45) is 0 Å². The fourth-order valence-electron chi connectivity index (χ4n) is 2.09. The summed E-state index contributed by atoms with van der Waals surface area (Å²) in [4.78, 5) is 11.9. The number of anilines is 1. The summed E-state index contributed by atoms with van der Waals surface area (Å²) in [6.45, 7) is 0.997. The number of rotatable bonds is 3. The average molecular weight is 334 g/mol. The molecule has 0 bridgehead atoms. The molecule has 1 heterocycles. The van der Waals surface area contributed by atoms with E-state index in [9.17, 15) is 9.18 Å². The van der Waals surface area contributed by atoms with Gasteiger partial charge in [0.05, 0.1) is 5.02 Å². The van der Waals surface area contributed by atoms with Crippen LogP contribution in [0.15, 0.2) is 42.5 Å². The van der Waals surface area contributed by atoms with E-state index in [1.165, 1.54) is 24.3 Å². The van der Waals surface area contributed by atoms with Crippen LogP contribution in [-0.4, -0.2) is 19.1 Å². The lowest BCUT2D eigenvalue weighted by Gasteiger charge is -2.18. The Morgan fingerprint density at radius 1 is 1.13 bits per heavy atom. The Balaban J connectivity index is 1.67. The second-order valence-electron chi connectivity index (χ2n) is 4.85. The Hall–Kier alpha value is -2.53. The summed E-state index contributed by atoms with van der Waals surface area (Å²) in [5.74, 6) is 0.445. The van der Waals surface area contributed by atoms with Crippen LogP contribution in [0.2, 0.25) is 5.02 Å². The van der Waals surface area contributed by atoms with E-state index in [2.05, 4.69) is 5.32 Å². The molecule has 3 rings (SSSR count). The van der Waals surface area contributed by atoms with Crippen LogP contribution in [0.3, 0.4) is 0 Å². The number of carbonyl (C=O) groups is 1. The van der Waals surface area contributed by atoms with Crippen LogP contribution < -0.4 is 14.8 Å². The van der Waals surface area contributed by atoms with Crippen LogP contribution in [0.25, 0.3) is 6.08 Å². The third kappa shape index (κ3) is 3.81. The highest BCUT2D eigenvalue weighted by Gasteiger charge is 2.12. The van der Waals surface area contributed by atoms with Crippen molar-refractivity contribution in [1.82, 2.24) is 0 Å². The van der Waals surface area contributed by atoms with Crippen LogP contribution >= 0.6 is 11.6 Å². The first-order valence-corrected chi connectivity index (χ1v) is 7.33. The molecular weight excluding hydrogens is 321 g/mol. The topological polar surface area (TPSA) is 47.6 Å². The van der Waals surface area contributed by atoms with Gasteiger partial charge in [0.25, 0.3) is 0 Å². The Bertz CT molecular complexity index is 776. The summed E-state index contributed by atoms with van der Waals surface area (Å²) in [5, 5.41) is 2.73. The van der Waals surface area contributed by atoms with Gasteiger partial charge in [0.1, 0.15) is 19.0 Å². The maximum atomic E-state index is 13.1. The SMILES string of the molecule is O=C(/C=C/c1ccc(F)c(Cl)c1)Nc1ccc2c(c1)OCCO2. The lowest BCUT2D eigenvalue weighted by atomic mass is 10.2. The highest BCUT2D eigenvalue weighted by molar-refractivity contribution is 6.30. The molecule has 118 valence electrons. The molecule has 0 radical (unpaired) electrons. The summed E-state index contributed by atoms with van der Waals surface area (Å²) < 4.78 is 23.9. The predicted octanol–water partition coefficient (Wildman–Crippen LogP) is 3.90. The van der Waals surface area contributed by atoms with Crippen molar-refractivity contribution >= 4 is 29.3 Å². The molecule has 0 spiro atoms. The second-order valence-corrected chi connectivity index (χ2v) is 5.26. The number of benzene rings is 2. The van der Waals surface area contributed by atoms with Gasteiger partial charge in [-0.2, -0.15) is 0 Å². The molecule has 23 heavy (non-hydrogen) atoms. The monoisotopic (exact) mass is 333 g/mol. The highest BCUT2D eigenvalue weighted by atomic mass is 35.5. The minimum Gasteiger partial charge on any atom is -0.486 e. The standard InChI is InChI=1S/C17H13ClFNO3/c18-13-9-11(1-4-14(13)19)2-6-17(21)20-12-3-5-15-16(10-12)23-8-7-22-15/h1-6,9-10H,7-8H2,(H,20,21)/b6-2+. The maximum absolute atomic E-state index is 13.1. The van der Waals surface area contributed by atoms with Gasteiger partial charge >= 0.3 is 0 Å². The molecular formula is C17H13ClFNO3. The average Bonchev–Trinajstić information content (AvgIpc) is 2.56. The zero-order valence-electron chi connectivity index (χ0n) is 12.0. The van der Waals surface area contributed by atoms with E-state index >= 15 is 0 Å². The molecule has 0 fully saturated rings. The van der Waals surface area contributed by atoms with E-state index in [0.29, 0.717) is 36.0 Å². The normalized spacial score (nSPS) is 13.1. The van der Waals surface area contributed by atoms with Crippen LogP contribution in [-0.2, 0) is 4.79 Å². The number of ether oxygens (including phenoxy) is 2. The number of carbonyl (C=O) groups excluding carboxylic acids is 1. The zero-order chi connectivity index (χ0) is 16.2. The quantitative estimate of drug-likeness (QED) is 0.866. The van der Waals surface area contributed by atoms with Crippen LogP contribution in [0.5, 0.6) is 11.5 Å². The van der Waals surface area contributed by atoms with Crippen molar-refractivity contribution in [1.29, 1.82) is 0 Å². The molecule has 0 unspecified atom stereocenters. The number of amides is 1. The zero-order valence-corrected chi connectivity index (χ0v) is 12.8. The van der Waals surface area contributed by atoms with Crippen molar-refractivity contribution in [3.05, 3.63) is 58.9 Å². The Morgan fingerprint density at radius 2 is 1.91 bits per heavy atom. The summed E-state index contributed by atoms with van der Waals surface area (Å²) in [6.07, 6.45) is 2.90. The molecule has 6 heteroatoms. The van der Waals surface area contributed by atoms with Gasteiger partial charge in [-0.3, -0.25) is 4.79 Å². The van der Waals surface area contributed by atoms with Gasteiger partial charge < -0.3 is 14.8 Å². The molecule has 0 atom stereocenters. The first-order valence-electron chi connectivity index (χ1n) is 6.95. The molecule has 0 aliphatic carbocycles. The number of fused-ring (bicyclic) bond motifs is 1. The van der Waals surface area contributed by atoms with Crippen LogP contribution in [0, 0.1) is 5.82 Å². The lowest BCUT2D eigenvalue weighted by Crippen LogP contribution is -2.16. The second kappa shape index (κ2) is 6.71. The van der Waals surface area contributed by atoms with Gasteiger partial charge in [-0.25, -0.2) is 4.39 Å². The van der Waals surface area contributed by atoms with Crippen molar-refractivity contribution in [2.45, 2.75) is 0 Å². The number of halogens is 2. The van der Waals surface area contributed by atoms with E-state index in [4.69, 9.17) is 21.1 Å². The Labute approximate surface area is 137 Å². The van der Waals surface area contributed by atoms with E-state index in [0.717, 1.165) is 0 Å². The predicted molar refractivity (Wildman–Crippen MR) is 86.5 cm³/mol. The highest BCUT2D eigenvalue weighted by Crippen LogP contribution is 2.32. The number of hydrogen-bond acceptors (Lipinski definition) is 3. The van der Waals surface area contributed by atoms with E-state index in [-0.39, 0.29) is 10.9 Å². The molecule has 1 amide bonds. The van der Waals surface area contributed by atoms with E-state index in [1.807, 2.05) is 0 Å². The fraction of sp³-hybridized carbons (Fsp3) is 0.118. The fourth-order valence-corrected chi connectivity index (χ4v) is 2.28. The third-order valence-electron chi connectivity index (χ3n) is 3.18. The molecule has 4 nitrogen and oxygen atoms in total. The van der Waals surface area contributed by atoms with Crippen molar-refractivity contribution in [3.8, 4) is 11.5 Å². The Morgan fingerprint density at radius 3 is 2.70 bits per heavy atom. The molecule has 1 aliphatic heterocycles. The van der Waals surface area contributed by atoms with Gasteiger partial charge in [0, 0.05) is 17.8 Å². The van der Waals surface area contributed by atoms with Crippen molar-refractivity contribution in [3.63, 3.8) is 0 Å². The first kappa shape index (κ1) is 15.4.